The quantitative estimate of drug-likeness (QED) is 0.641. The van der Waals surface area contributed by atoms with Gasteiger partial charge in [0.1, 0.15) is 6.61 Å². The van der Waals surface area contributed by atoms with E-state index in [0.29, 0.717) is 6.61 Å². The molecule has 0 saturated heterocycles. The molecule has 3 nitrogen and oxygen atoms in total. The molecule has 132 valence electrons. The predicted molar refractivity (Wildman–Crippen MR) is 103 cm³/mol. The van der Waals surface area contributed by atoms with Gasteiger partial charge in [0, 0.05) is 19.6 Å². The minimum Gasteiger partial charge on any atom is -0.493 e. The molecule has 3 aromatic rings. The Balaban J connectivity index is 1.48. The van der Waals surface area contributed by atoms with Gasteiger partial charge in [-0.2, -0.15) is 0 Å². The monoisotopic (exact) mass is 345 g/mol. The van der Waals surface area contributed by atoms with Gasteiger partial charge in [0.25, 0.3) is 0 Å². The highest BCUT2D eigenvalue weighted by Gasteiger charge is 2.22. The predicted octanol–water partition coefficient (Wildman–Crippen LogP) is 4.79. The zero-order chi connectivity index (χ0) is 17.8. The Morgan fingerprint density at radius 1 is 0.769 bits per heavy atom. The molecule has 0 fully saturated rings. The molecule has 0 aliphatic carbocycles. The van der Waals surface area contributed by atoms with E-state index < -0.39 is 0 Å². The summed E-state index contributed by atoms with van der Waals surface area (Å²) >= 11 is 0. The third-order valence-electron chi connectivity index (χ3n) is 4.76. The van der Waals surface area contributed by atoms with Crippen molar-refractivity contribution in [3.63, 3.8) is 0 Å². The summed E-state index contributed by atoms with van der Waals surface area (Å²) in [5, 5.41) is 0. The summed E-state index contributed by atoms with van der Waals surface area (Å²) in [6.45, 7) is 3.39. The lowest BCUT2D eigenvalue weighted by Gasteiger charge is -2.14. The van der Waals surface area contributed by atoms with E-state index in [-0.39, 0.29) is 0 Å². The molecule has 0 N–H and O–H groups in total. The van der Waals surface area contributed by atoms with Crippen LogP contribution in [0.1, 0.15) is 22.3 Å². The molecular weight excluding hydrogens is 322 g/mol. The van der Waals surface area contributed by atoms with E-state index in [4.69, 9.17) is 9.47 Å². The number of methoxy groups -OCH3 is 1. The minimum absolute atomic E-state index is 0.545. The smallest absolute Gasteiger partial charge is 0.162 e. The van der Waals surface area contributed by atoms with Gasteiger partial charge >= 0.3 is 0 Å². The fraction of sp³-hybridized carbons (Fsp3) is 0.217. The van der Waals surface area contributed by atoms with Gasteiger partial charge < -0.3 is 9.47 Å². The first-order valence-corrected chi connectivity index (χ1v) is 8.94. The van der Waals surface area contributed by atoms with Crippen LogP contribution < -0.4 is 9.47 Å². The van der Waals surface area contributed by atoms with Crippen molar-refractivity contribution in [1.29, 1.82) is 0 Å². The SMILES string of the molecule is COc1cc2c(cc1OCc1ccccc1)CN(Cc1ccccc1)C2. The van der Waals surface area contributed by atoms with Crippen LogP contribution in [0, 0.1) is 0 Å². The molecule has 0 spiro atoms. The molecule has 3 heteroatoms. The Bertz CT molecular complexity index is 862. The number of benzene rings is 3. The van der Waals surface area contributed by atoms with Gasteiger partial charge in [0.05, 0.1) is 7.11 Å². The highest BCUT2D eigenvalue weighted by molar-refractivity contribution is 5.49. The van der Waals surface area contributed by atoms with Crippen LogP contribution in [-0.2, 0) is 26.2 Å². The molecule has 4 rings (SSSR count). The Kier molecular flexibility index (Phi) is 4.89. The van der Waals surface area contributed by atoms with Crippen molar-refractivity contribution in [2.45, 2.75) is 26.2 Å². The molecule has 1 aliphatic rings. The molecule has 0 atom stereocenters. The van der Waals surface area contributed by atoms with Crippen LogP contribution in [0.3, 0.4) is 0 Å². The average Bonchev–Trinajstić information content (AvgIpc) is 3.08. The maximum Gasteiger partial charge on any atom is 0.162 e. The first-order valence-electron chi connectivity index (χ1n) is 8.94. The second-order valence-corrected chi connectivity index (χ2v) is 6.68. The molecular formula is C23H23NO2. The second-order valence-electron chi connectivity index (χ2n) is 6.68. The van der Waals surface area contributed by atoms with Gasteiger partial charge in [0.2, 0.25) is 0 Å². The highest BCUT2D eigenvalue weighted by Crippen LogP contribution is 2.36. The Morgan fingerprint density at radius 2 is 1.35 bits per heavy atom. The maximum atomic E-state index is 6.05. The Hall–Kier alpha value is -2.78. The number of rotatable bonds is 6. The maximum absolute atomic E-state index is 6.05. The molecule has 1 heterocycles. The van der Waals surface area contributed by atoms with Crippen LogP contribution in [0.4, 0.5) is 0 Å². The molecule has 0 saturated carbocycles. The lowest BCUT2D eigenvalue weighted by molar-refractivity contribution is 0.275. The first-order chi connectivity index (χ1) is 12.8. The zero-order valence-corrected chi connectivity index (χ0v) is 15.0. The molecule has 0 radical (unpaired) electrons. The van der Waals surface area contributed by atoms with E-state index in [1.54, 1.807) is 7.11 Å². The molecule has 0 amide bonds. The van der Waals surface area contributed by atoms with Gasteiger partial charge in [-0.25, -0.2) is 0 Å². The number of hydrogen-bond donors (Lipinski definition) is 0. The largest absolute Gasteiger partial charge is 0.493 e. The third-order valence-corrected chi connectivity index (χ3v) is 4.76. The lowest BCUT2D eigenvalue weighted by atomic mass is 10.1. The van der Waals surface area contributed by atoms with Crippen molar-refractivity contribution in [2.75, 3.05) is 7.11 Å². The fourth-order valence-corrected chi connectivity index (χ4v) is 3.44. The summed E-state index contributed by atoms with van der Waals surface area (Å²) in [5.41, 5.74) is 5.14. The van der Waals surface area contributed by atoms with E-state index in [0.717, 1.165) is 36.7 Å². The molecule has 0 bridgehead atoms. The van der Waals surface area contributed by atoms with Gasteiger partial charge in [-0.05, 0) is 34.4 Å². The van der Waals surface area contributed by atoms with Gasteiger partial charge in [0.15, 0.2) is 11.5 Å². The van der Waals surface area contributed by atoms with Crippen LogP contribution in [0.2, 0.25) is 0 Å². The molecule has 3 aromatic carbocycles. The average molecular weight is 345 g/mol. The Labute approximate surface area is 154 Å². The van der Waals surface area contributed by atoms with Crippen molar-refractivity contribution < 1.29 is 9.47 Å². The number of ether oxygens (including phenoxy) is 2. The standard InChI is InChI=1S/C23H23NO2/c1-25-22-12-20-15-24(14-18-8-4-2-5-9-18)16-21(20)13-23(22)26-17-19-10-6-3-7-11-19/h2-13H,14-17H2,1H3. The molecule has 26 heavy (non-hydrogen) atoms. The van der Waals surface area contributed by atoms with E-state index in [2.05, 4.69) is 59.5 Å². The van der Waals surface area contributed by atoms with Crippen LogP contribution in [-0.4, -0.2) is 12.0 Å². The first kappa shape index (κ1) is 16.7. The van der Waals surface area contributed by atoms with Crippen LogP contribution in [0.15, 0.2) is 72.8 Å². The molecule has 0 aromatic heterocycles. The fourth-order valence-electron chi connectivity index (χ4n) is 3.44. The number of fused-ring (bicyclic) bond motifs is 1. The van der Waals surface area contributed by atoms with Crippen molar-refractivity contribution >= 4 is 0 Å². The van der Waals surface area contributed by atoms with E-state index in [9.17, 15) is 0 Å². The number of nitrogens with zero attached hydrogens (tertiary/aromatic N) is 1. The van der Waals surface area contributed by atoms with E-state index in [1.165, 1.54) is 16.7 Å². The normalized spacial score (nSPS) is 13.4. The van der Waals surface area contributed by atoms with E-state index in [1.807, 2.05) is 18.2 Å². The summed E-state index contributed by atoms with van der Waals surface area (Å²) in [4.78, 5) is 2.44. The zero-order valence-electron chi connectivity index (χ0n) is 15.0. The summed E-state index contributed by atoms with van der Waals surface area (Å²) in [6.07, 6.45) is 0. The molecule has 1 aliphatic heterocycles. The summed E-state index contributed by atoms with van der Waals surface area (Å²) in [6, 6.07) is 25.1. The van der Waals surface area contributed by atoms with Crippen molar-refractivity contribution in [1.82, 2.24) is 4.90 Å². The summed E-state index contributed by atoms with van der Waals surface area (Å²) in [5.74, 6) is 1.62. The van der Waals surface area contributed by atoms with Crippen LogP contribution in [0.5, 0.6) is 11.5 Å². The van der Waals surface area contributed by atoms with Gasteiger partial charge in [-0.3, -0.25) is 4.90 Å². The van der Waals surface area contributed by atoms with Crippen molar-refractivity contribution in [3.8, 4) is 11.5 Å². The number of hydrogen-bond acceptors (Lipinski definition) is 3. The Morgan fingerprint density at radius 3 is 1.96 bits per heavy atom. The lowest BCUT2D eigenvalue weighted by Crippen LogP contribution is -2.15. The summed E-state index contributed by atoms with van der Waals surface area (Å²) in [7, 11) is 1.70. The minimum atomic E-state index is 0.545. The van der Waals surface area contributed by atoms with Crippen molar-refractivity contribution in [2.24, 2.45) is 0 Å². The van der Waals surface area contributed by atoms with E-state index >= 15 is 0 Å². The van der Waals surface area contributed by atoms with Crippen LogP contribution in [0.25, 0.3) is 0 Å². The summed E-state index contributed by atoms with van der Waals surface area (Å²) < 4.78 is 11.6. The van der Waals surface area contributed by atoms with Gasteiger partial charge in [-0.15, -0.1) is 0 Å². The third kappa shape index (κ3) is 3.73. The van der Waals surface area contributed by atoms with Crippen molar-refractivity contribution in [3.05, 3.63) is 95.1 Å². The highest BCUT2D eigenvalue weighted by atomic mass is 16.5. The van der Waals surface area contributed by atoms with Crippen LogP contribution >= 0.6 is 0 Å². The second kappa shape index (κ2) is 7.63. The molecule has 0 unspecified atom stereocenters. The van der Waals surface area contributed by atoms with Gasteiger partial charge in [-0.1, -0.05) is 60.7 Å². The topological polar surface area (TPSA) is 21.7 Å².